The van der Waals surface area contributed by atoms with Gasteiger partial charge in [0.2, 0.25) is 0 Å². The van der Waals surface area contributed by atoms with E-state index < -0.39 is 0 Å². The first-order valence-corrected chi connectivity index (χ1v) is 7.73. The van der Waals surface area contributed by atoms with Crippen molar-refractivity contribution in [1.29, 1.82) is 5.26 Å². The third-order valence-electron chi connectivity index (χ3n) is 3.91. The number of benzene rings is 1. The van der Waals surface area contributed by atoms with Gasteiger partial charge in [0, 0.05) is 26.1 Å². The molecule has 1 aliphatic heterocycles. The van der Waals surface area contributed by atoms with E-state index in [1.807, 2.05) is 37.4 Å². The molecule has 118 valence electrons. The number of ether oxygens (including phenoxy) is 2. The molecule has 1 saturated heterocycles. The van der Waals surface area contributed by atoms with Crippen LogP contribution in [-0.4, -0.2) is 31.3 Å². The molecule has 0 amide bonds. The van der Waals surface area contributed by atoms with Crippen LogP contribution in [0.2, 0.25) is 0 Å². The Kier molecular flexibility index (Phi) is 4.74. The van der Waals surface area contributed by atoms with Gasteiger partial charge in [0.05, 0.1) is 18.8 Å². The van der Waals surface area contributed by atoms with Crippen molar-refractivity contribution in [3.63, 3.8) is 0 Å². The molecule has 0 spiro atoms. The minimum Gasteiger partial charge on any atom is -0.489 e. The molecule has 0 unspecified atom stereocenters. The summed E-state index contributed by atoms with van der Waals surface area (Å²) in [4.78, 5) is 4.21. The lowest BCUT2D eigenvalue weighted by molar-refractivity contribution is 0.0254. The van der Waals surface area contributed by atoms with E-state index in [0.717, 1.165) is 29.8 Å². The van der Waals surface area contributed by atoms with E-state index in [9.17, 15) is 5.26 Å². The number of rotatable bonds is 4. The Morgan fingerprint density at radius 3 is 2.74 bits per heavy atom. The smallest absolute Gasteiger partial charge is 0.137 e. The molecule has 2 aromatic rings. The number of nitrogens with zero attached hydrogens (tertiary/aromatic N) is 2. The number of nitrogens with one attached hydrogen (secondary N) is 1. The summed E-state index contributed by atoms with van der Waals surface area (Å²) < 4.78 is 11.3. The maximum Gasteiger partial charge on any atom is 0.137 e. The summed E-state index contributed by atoms with van der Waals surface area (Å²) >= 11 is 0. The molecular formula is C18H19N3O2. The summed E-state index contributed by atoms with van der Waals surface area (Å²) in [5.74, 6) is 1.44. The van der Waals surface area contributed by atoms with Gasteiger partial charge in [0.15, 0.2) is 0 Å². The Morgan fingerprint density at radius 1 is 1.22 bits per heavy atom. The molecule has 1 aromatic heterocycles. The van der Waals surface area contributed by atoms with Gasteiger partial charge in [-0.1, -0.05) is 6.07 Å². The van der Waals surface area contributed by atoms with Gasteiger partial charge in [0.1, 0.15) is 23.7 Å². The highest BCUT2D eigenvalue weighted by atomic mass is 16.5. The van der Waals surface area contributed by atoms with Crippen molar-refractivity contribution < 1.29 is 9.47 Å². The highest BCUT2D eigenvalue weighted by Gasteiger charge is 2.17. The number of hydrogen-bond acceptors (Lipinski definition) is 5. The van der Waals surface area contributed by atoms with Crippen LogP contribution < -0.4 is 10.1 Å². The van der Waals surface area contributed by atoms with Gasteiger partial charge >= 0.3 is 0 Å². The van der Waals surface area contributed by atoms with Crippen LogP contribution in [0.3, 0.4) is 0 Å². The fourth-order valence-corrected chi connectivity index (χ4v) is 2.62. The average molecular weight is 309 g/mol. The molecule has 1 fully saturated rings. The summed E-state index contributed by atoms with van der Waals surface area (Å²) in [6.07, 6.45) is 3.60. The van der Waals surface area contributed by atoms with Crippen molar-refractivity contribution in [3.05, 3.63) is 42.1 Å². The predicted molar refractivity (Wildman–Crippen MR) is 88.4 cm³/mol. The van der Waals surface area contributed by atoms with Crippen molar-refractivity contribution in [2.24, 2.45) is 0 Å². The highest BCUT2D eigenvalue weighted by Crippen LogP contribution is 2.29. The molecule has 1 aliphatic rings. The van der Waals surface area contributed by atoms with Crippen LogP contribution >= 0.6 is 0 Å². The minimum absolute atomic E-state index is 0.124. The van der Waals surface area contributed by atoms with Gasteiger partial charge in [-0.15, -0.1) is 0 Å². The van der Waals surface area contributed by atoms with E-state index in [1.165, 1.54) is 0 Å². The third-order valence-corrected chi connectivity index (χ3v) is 3.91. The number of anilines is 1. The molecule has 0 radical (unpaired) electrons. The number of aromatic nitrogens is 1. The third kappa shape index (κ3) is 3.61. The topological polar surface area (TPSA) is 67.2 Å². The first-order chi connectivity index (χ1) is 11.3. The summed E-state index contributed by atoms with van der Waals surface area (Å²) in [5, 5.41) is 12.5. The molecule has 1 N–H and O–H groups in total. The van der Waals surface area contributed by atoms with Gasteiger partial charge in [0.25, 0.3) is 0 Å². The zero-order valence-corrected chi connectivity index (χ0v) is 13.1. The van der Waals surface area contributed by atoms with E-state index in [0.29, 0.717) is 24.5 Å². The zero-order valence-electron chi connectivity index (χ0n) is 13.1. The lowest BCUT2D eigenvalue weighted by atomic mass is 10.0. The van der Waals surface area contributed by atoms with Gasteiger partial charge in [-0.25, -0.2) is 4.98 Å². The number of nitriles is 1. The minimum atomic E-state index is 0.124. The predicted octanol–water partition coefficient (Wildman–Crippen LogP) is 3.22. The van der Waals surface area contributed by atoms with Crippen molar-refractivity contribution >= 4 is 5.82 Å². The molecule has 1 aromatic carbocycles. The summed E-state index contributed by atoms with van der Waals surface area (Å²) in [7, 11) is 1.83. The number of pyridine rings is 1. The Balaban J connectivity index is 1.85. The molecule has 0 atom stereocenters. The molecule has 5 nitrogen and oxygen atoms in total. The lowest BCUT2D eigenvalue weighted by Crippen LogP contribution is -2.26. The van der Waals surface area contributed by atoms with E-state index in [1.54, 1.807) is 6.20 Å². The second-order valence-electron chi connectivity index (χ2n) is 5.43. The number of hydrogen-bond donors (Lipinski definition) is 1. The van der Waals surface area contributed by atoms with Crippen molar-refractivity contribution in [2.75, 3.05) is 25.6 Å². The summed E-state index contributed by atoms with van der Waals surface area (Å²) in [5.41, 5.74) is 2.54. The summed E-state index contributed by atoms with van der Waals surface area (Å²) in [6, 6.07) is 11.8. The average Bonchev–Trinajstić information content (AvgIpc) is 2.63. The van der Waals surface area contributed by atoms with Crippen molar-refractivity contribution in [2.45, 2.75) is 18.9 Å². The lowest BCUT2D eigenvalue weighted by Gasteiger charge is -2.23. The quantitative estimate of drug-likeness (QED) is 0.939. The molecule has 0 saturated carbocycles. The standard InChI is InChI=1S/C18H19N3O2/c1-20-18-11-14(4-7-21-18)13-2-3-17(15(10-13)12-19)23-16-5-8-22-9-6-16/h2-4,7,10-11,16H,5-6,8-9H2,1H3,(H,20,21). The van der Waals surface area contributed by atoms with Crippen LogP contribution in [0.15, 0.2) is 36.5 Å². The normalized spacial score (nSPS) is 15.0. The van der Waals surface area contributed by atoms with Gasteiger partial charge in [-0.3, -0.25) is 0 Å². The van der Waals surface area contributed by atoms with Gasteiger partial charge in [-0.2, -0.15) is 5.26 Å². The molecule has 5 heteroatoms. The van der Waals surface area contributed by atoms with Gasteiger partial charge < -0.3 is 14.8 Å². The first kappa shape index (κ1) is 15.3. The molecule has 0 bridgehead atoms. The Bertz CT molecular complexity index is 718. The molecule has 2 heterocycles. The van der Waals surface area contributed by atoms with Crippen molar-refractivity contribution in [3.8, 4) is 22.9 Å². The Hall–Kier alpha value is -2.58. The first-order valence-electron chi connectivity index (χ1n) is 7.73. The van der Waals surface area contributed by atoms with Crippen LogP contribution in [0, 0.1) is 11.3 Å². The van der Waals surface area contributed by atoms with Crippen LogP contribution in [0.5, 0.6) is 5.75 Å². The summed E-state index contributed by atoms with van der Waals surface area (Å²) in [6.45, 7) is 1.43. The SMILES string of the molecule is CNc1cc(-c2ccc(OC3CCOCC3)c(C#N)c2)ccn1. The maximum atomic E-state index is 9.44. The zero-order chi connectivity index (χ0) is 16.1. The fourth-order valence-electron chi connectivity index (χ4n) is 2.62. The monoisotopic (exact) mass is 309 g/mol. The van der Waals surface area contributed by atoms with E-state index in [4.69, 9.17) is 9.47 Å². The Morgan fingerprint density at radius 2 is 2.00 bits per heavy atom. The second kappa shape index (κ2) is 7.12. The van der Waals surface area contributed by atoms with Crippen LogP contribution in [-0.2, 0) is 4.74 Å². The van der Waals surface area contributed by atoms with E-state index in [-0.39, 0.29) is 6.10 Å². The van der Waals surface area contributed by atoms with Crippen LogP contribution in [0.1, 0.15) is 18.4 Å². The molecular weight excluding hydrogens is 290 g/mol. The Labute approximate surface area is 135 Å². The fraction of sp³-hybridized carbons (Fsp3) is 0.333. The van der Waals surface area contributed by atoms with E-state index in [2.05, 4.69) is 16.4 Å². The maximum absolute atomic E-state index is 9.44. The van der Waals surface area contributed by atoms with Gasteiger partial charge in [-0.05, 0) is 35.4 Å². The highest BCUT2D eigenvalue weighted by molar-refractivity contribution is 5.69. The van der Waals surface area contributed by atoms with E-state index >= 15 is 0 Å². The largest absolute Gasteiger partial charge is 0.489 e. The van der Waals surface area contributed by atoms with Crippen molar-refractivity contribution in [1.82, 2.24) is 4.98 Å². The molecule has 23 heavy (non-hydrogen) atoms. The second-order valence-corrected chi connectivity index (χ2v) is 5.43. The van der Waals surface area contributed by atoms with Crippen LogP contribution in [0.4, 0.5) is 5.82 Å². The van der Waals surface area contributed by atoms with Crippen LogP contribution in [0.25, 0.3) is 11.1 Å². The molecule has 0 aliphatic carbocycles. The molecule has 3 rings (SSSR count).